The van der Waals surface area contributed by atoms with Crippen molar-refractivity contribution < 1.29 is 0 Å². The molecule has 0 aliphatic carbocycles. The van der Waals surface area contributed by atoms with Gasteiger partial charge < -0.3 is 0 Å². The summed E-state index contributed by atoms with van der Waals surface area (Å²) in [5.41, 5.74) is 8.17. The average Bonchev–Trinajstić information content (AvgIpc) is 2.81. The number of nitrogens with one attached hydrogen (secondary N) is 1. The Bertz CT molecular complexity index is 1450. The topological polar surface area (TPSA) is 72.7 Å². The zero-order chi connectivity index (χ0) is 22.1. The smallest absolute Gasteiger partial charge is 0.267 e. The molecule has 0 saturated carbocycles. The molecular formula is C26H21N5O. The van der Waals surface area contributed by atoms with E-state index in [1.165, 1.54) is 4.68 Å². The standard InChI is InChI=1S/C26H21N5O/c1-17-16-18(2)28-26(27-17)30-31-24(29-23-11-7-6-10-22(23)25(31)32)21-14-12-20(13-15-21)19-8-4-3-5-9-19/h3-16H,1-2H3,(H,27,28,30). The number of rotatable bonds is 4. The molecule has 5 aromatic rings. The van der Waals surface area contributed by atoms with Crippen molar-refractivity contribution in [2.75, 3.05) is 5.43 Å². The Labute approximate surface area is 185 Å². The molecule has 0 spiro atoms. The van der Waals surface area contributed by atoms with Gasteiger partial charge in [-0.25, -0.2) is 15.0 Å². The van der Waals surface area contributed by atoms with E-state index in [2.05, 4.69) is 27.5 Å². The Balaban J connectivity index is 1.66. The van der Waals surface area contributed by atoms with E-state index < -0.39 is 0 Å². The fourth-order valence-corrected chi connectivity index (χ4v) is 3.75. The summed E-state index contributed by atoms with van der Waals surface area (Å²) < 4.78 is 1.42. The predicted octanol–water partition coefficient (Wildman–Crippen LogP) is 5.01. The second-order valence-corrected chi connectivity index (χ2v) is 7.62. The van der Waals surface area contributed by atoms with Crippen molar-refractivity contribution >= 4 is 16.9 Å². The van der Waals surface area contributed by atoms with Gasteiger partial charge in [0.1, 0.15) is 0 Å². The molecule has 0 bridgehead atoms. The van der Waals surface area contributed by atoms with Crippen LogP contribution in [0, 0.1) is 13.8 Å². The largest absolute Gasteiger partial charge is 0.280 e. The number of fused-ring (bicyclic) bond motifs is 1. The number of anilines is 1. The molecule has 0 atom stereocenters. The molecule has 0 fully saturated rings. The van der Waals surface area contributed by atoms with Crippen molar-refractivity contribution in [3.8, 4) is 22.5 Å². The van der Waals surface area contributed by atoms with Gasteiger partial charge in [0.2, 0.25) is 5.95 Å². The fourth-order valence-electron chi connectivity index (χ4n) is 3.75. The molecular weight excluding hydrogens is 398 g/mol. The lowest BCUT2D eigenvalue weighted by Gasteiger charge is -2.15. The Morgan fingerprint density at radius 1 is 0.688 bits per heavy atom. The maximum Gasteiger partial charge on any atom is 0.280 e. The molecule has 5 rings (SSSR count). The molecule has 0 saturated heterocycles. The zero-order valence-corrected chi connectivity index (χ0v) is 17.8. The maximum atomic E-state index is 13.4. The van der Waals surface area contributed by atoms with E-state index >= 15 is 0 Å². The first-order valence-corrected chi connectivity index (χ1v) is 10.4. The van der Waals surface area contributed by atoms with Gasteiger partial charge in [-0.1, -0.05) is 66.7 Å². The zero-order valence-electron chi connectivity index (χ0n) is 17.8. The van der Waals surface area contributed by atoms with E-state index in [-0.39, 0.29) is 5.56 Å². The van der Waals surface area contributed by atoms with Crippen LogP contribution in [-0.4, -0.2) is 19.6 Å². The Morgan fingerprint density at radius 3 is 2.00 bits per heavy atom. The highest BCUT2D eigenvalue weighted by molar-refractivity contribution is 5.80. The van der Waals surface area contributed by atoms with Crippen LogP contribution in [0.1, 0.15) is 11.4 Å². The molecule has 0 unspecified atom stereocenters. The van der Waals surface area contributed by atoms with Crippen LogP contribution in [-0.2, 0) is 0 Å². The maximum absolute atomic E-state index is 13.4. The minimum absolute atomic E-state index is 0.208. The van der Waals surface area contributed by atoms with Crippen molar-refractivity contribution in [2.24, 2.45) is 0 Å². The van der Waals surface area contributed by atoms with Crippen LogP contribution in [0.4, 0.5) is 5.95 Å². The van der Waals surface area contributed by atoms with Crippen LogP contribution in [0.3, 0.4) is 0 Å². The molecule has 3 aromatic carbocycles. The number of nitrogens with zero attached hydrogens (tertiary/aromatic N) is 4. The second-order valence-electron chi connectivity index (χ2n) is 7.62. The van der Waals surface area contributed by atoms with Gasteiger partial charge in [0.05, 0.1) is 10.9 Å². The monoisotopic (exact) mass is 419 g/mol. The summed E-state index contributed by atoms with van der Waals surface area (Å²) in [4.78, 5) is 27.0. The lowest BCUT2D eigenvalue weighted by molar-refractivity contribution is 0.858. The van der Waals surface area contributed by atoms with Crippen LogP contribution in [0.15, 0.2) is 89.7 Å². The summed E-state index contributed by atoms with van der Waals surface area (Å²) in [5, 5.41) is 0.522. The summed E-state index contributed by atoms with van der Waals surface area (Å²) in [6.45, 7) is 3.79. The van der Waals surface area contributed by atoms with Gasteiger partial charge in [0.15, 0.2) is 5.82 Å². The van der Waals surface area contributed by atoms with Crippen LogP contribution in [0.25, 0.3) is 33.4 Å². The molecule has 0 radical (unpaired) electrons. The molecule has 156 valence electrons. The number of hydrogen-bond acceptors (Lipinski definition) is 5. The summed E-state index contributed by atoms with van der Waals surface area (Å²) in [6.07, 6.45) is 0. The van der Waals surface area contributed by atoms with E-state index in [0.717, 1.165) is 28.1 Å². The number of hydrogen-bond donors (Lipinski definition) is 1. The highest BCUT2D eigenvalue weighted by atomic mass is 16.1. The number of aryl methyl sites for hydroxylation is 2. The van der Waals surface area contributed by atoms with Gasteiger partial charge in [0, 0.05) is 17.0 Å². The van der Waals surface area contributed by atoms with E-state index in [1.807, 2.05) is 80.6 Å². The van der Waals surface area contributed by atoms with Gasteiger partial charge >= 0.3 is 0 Å². The molecule has 2 aromatic heterocycles. The average molecular weight is 419 g/mol. The lowest BCUT2D eigenvalue weighted by Crippen LogP contribution is -2.30. The van der Waals surface area contributed by atoms with E-state index in [0.29, 0.717) is 22.7 Å². The molecule has 0 aliphatic rings. The lowest BCUT2D eigenvalue weighted by atomic mass is 10.0. The molecule has 6 nitrogen and oxygen atoms in total. The summed E-state index contributed by atoms with van der Waals surface area (Å²) in [6, 6.07) is 27.4. The first-order valence-electron chi connectivity index (χ1n) is 10.4. The SMILES string of the molecule is Cc1cc(C)nc(Nn2c(-c3ccc(-c4ccccc4)cc3)nc3ccccc3c2=O)n1. The van der Waals surface area contributed by atoms with Gasteiger partial charge in [-0.05, 0) is 43.2 Å². The summed E-state index contributed by atoms with van der Waals surface area (Å²) >= 11 is 0. The van der Waals surface area contributed by atoms with Crippen LogP contribution in [0.5, 0.6) is 0 Å². The summed E-state index contributed by atoms with van der Waals surface area (Å²) in [5.74, 6) is 0.847. The van der Waals surface area contributed by atoms with E-state index in [9.17, 15) is 4.79 Å². The molecule has 1 N–H and O–H groups in total. The Hall–Kier alpha value is -4.32. The van der Waals surface area contributed by atoms with Crippen LogP contribution in [0.2, 0.25) is 0 Å². The quantitative estimate of drug-likeness (QED) is 0.443. The third-order valence-corrected chi connectivity index (χ3v) is 5.22. The van der Waals surface area contributed by atoms with Gasteiger partial charge in [-0.15, -0.1) is 0 Å². The highest BCUT2D eigenvalue weighted by Crippen LogP contribution is 2.24. The first kappa shape index (κ1) is 19.6. The van der Waals surface area contributed by atoms with Crippen molar-refractivity contribution in [2.45, 2.75) is 13.8 Å². The third kappa shape index (κ3) is 3.74. The minimum Gasteiger partial charge on any atom is -0.267 e. The van der Waals surface area contributed by atoms with Crippen molar-refractivity contribution in [1.29, 1.82) is 0 Å². The van der Waals surface area contributed by atoms with Gasteiger partial charge in [-0.3, -0.25) is 10.2 Å². The summed E-state index contributed by atoms with van der Waals surface area (Å²) in [7, 11) is 0. The van der Waals surface area contributed by atoms with Crippen LogP contribution < -0.4 is 11.0 Å². The molecule has 0 amide bonds. The highest BCUT2D eigenvalue weighted by Gasteiger charge is 2.14. The normalized spacial score (nSPS) is 10.9. The van der Waals surface area contributed by atoms with Crippen LogP contribution >= 0.6 is 0 Å². The van der Waals surface area contributed by atoms with Crippen molar-refractivity contribution in [3.05, 3.63) is 107 Å². The molecule has 0 aliphatic heterocycles. The first-order chi connectivity index (χ1) is 15.6. The second kappa shape index (κ2) is 8.07. The minimum atomic E-state index is -0.208. The number of benzene rings is 3. The molecule has 6 heteroatoms. The van der Waals surface area contributed by atoms with E-state index in [1.54, 1.807) is 6.07 Å². The fraction of sp³-hybridized carbons (Fsp3) is 0.0769. The van der Waals surface area contributed by atoms with E-state index in [4.69, 9.17) is 4.98 Å². The molecule has 32 heavy (non-hydrogen) atoms. The predicted molar refractivity (Wildman–Crippen MR) is 127 cm³/mol. The Morgan fingerprint density at radius 2 is 1.28 bits per heavy atom. The van der Waals surface area contributed by atoms with Gasteiger partial charge in [0.25, 0.3) is 5.56 Å². The Kier molecular flexibility index (Phi) is 4.95. The van der Waals surface area contributed by atoms with Crippen molar-refractivity contribution in [1.82, 2.24) is 19.6 Å². The molecule has 2 heterocycles. The van der Waals surface area contributed by atoms with Crippen molar-refractivity contribution in [3.63, 3.8) is 0 Å². The third-order valence-electron chi connectivity index (χ3n) is 5.22. The number of aromatic nitrogens is 4. The van der Waals surface area contributed by atoms with Gasteiger partial charge in [-0.2, -0.15) is 4.68 Å². The number of para-hydroxylation sites is 1.